The number of aromatic nitrogens is 1. The van der Waals surface area contributed by atoms with E-state index in [1.807, 2.05) is 28.5 Å². The molecule has 1 unspecified atom stereocenters. The largest absolute Gasteiger partial charge is 0.337 e. The van der Waals surface area contributed by atoms with Crippen LogP contribution in [-0.4, -0.2) is 42.0 Å². The molecule has 1 aromatic carbocycles. The molecule has 1 N–H and O–H groups in total. The number of amides is 1. The molecular weight excluding hydrogens is 318 g/mol. The predicted molar refractivity (Wildman–Crippen MR) is 96.4 cm³/mol. The lowest BCUT2D eigenvalue weighted by Crippen LogP contribution is -2.42. The van der Waals surface area contributed by atoms with Crippen LogP contribution >= 0.6 is 11.3 Å². The van der Waals surface area contributed by atoms with Crippen LogP contribution in [0, 0.1) is 5.41 Å². The van der Waals surface area contributed by atoms with Crippen LogP contribution < -0.4 is 5.32 Å². The van der Waals surface area contributed by atoms with Crippen molar-refractivity contribution in [2.45, 2.75) is 25.7 Å². The first kappa shape index (κ1) is 15.8. The summed E-state index contributed by atoms with van der Waals surface area (Å²) in [4.78, 5) is 19.4. The van der Waals surface area contributed by atoms with Gasteiger partial charge in [-0.1, -0.05) is 30.3 Å². The maximum atomic E-state index is 12.8. The molecule has 2 fully saturated rings. The molecule has 1 atom stereocenters. The van der Waals surface area contributed by atoms with Gasteiger partial charge in [0.15, 0.2) is 0 Å². The Morgan fingerprint density at radius 3 is 2.96 bits per heavy atom. The molecule has 4 nitrogen and oxygen atoms in total. The van der Waals surface area contributed by atoms with E-state index in [9.17, 15) is 4.79 Å². The Bertz CT molecular complexity index is 706. The van der Waals surface area contributed by atoms with Gasteiger partial charge in [-0.05, 0) is 31.4 Å². The number of thiazole rings is 1. The number of likely N-dealkylation sites (tertiary alicyclic amines) is 1. The summed E-state index contributed by atoms with van der Waals surface area (Å²) in [6.45, 7) is 3.91. The molecule has 2 aliphatic rings. The number of hydrogen-bond acceptors (Lipinski definition) is 4. The molecular formula is C19H23N3OS. The normalized spacial score (nSPS) is 23.8. The van der Waals surface area contributed by atoms with Gasteiger partial charge in [-0.25, -0.2) is 4.98 Å². The fourth-order valence-corrected chi connectivity index (χ4v) is 4.71. The van der Waals surface area contributed by atoms with E-state index in [0.717, 1.165) is 44.0 Å². The summed E-state index contributed by atoms with van der Waals surface area (Å²) < 4.78 is 0. The Hall–Kier alpha value is -1.72. The minimum atomic E-state index is 0.105. The lowest BCUT2D eigenvalue weighted by Gasteiger charge is -2.33. The zero-order valence-electron chi connectivity index (χ0n) is 13.8. The van der Waals surface area contributed by atoms with Gasteiger partial charge in [0.2, 0.25) is 0 Å². The molecule has 4 rings (SSSR count). The van der Waals surface area contributed by atoms with Gasteiger partial charge in [-0.15, -0.1) is 11.3 Å². The molecule has 0 saturated carbocycles. The van der Waals surface area contributed by atoms with Gasteiger partial charge < -0.3 is 10.2 Å². The summed E-state index contributed by atoms with van der Waals surface area (Å²) >= 11 is 1.59. The van der Waals surface area contributed by atoms with Crippen molar-refractivity contribution in [3.63, 3.8) is 0 Å². The standard InChI is InChI=1S/C19H23N3OS/c23-18(22-10-8-19(14-22)7-4-9-20-13-19)16-12-24-17(21-16)11-15-5-2-1-3-6-15/h1-3,5-6,12,20H,4,7-11,13-14H2. The SMILES string of the molecule is O=C(c1csc(Cc2ccccc2)n1)N1CCC2(CCCNC2)C1. The highest BCUT2D eigenvalue weighted by Crippen LogP contribution is 2.37. The van der Waals surface area contributed by atoms with Crippen LogP contribution in [-0.2, 0) is 6.42 Å². The quantitative estimate of drug-likeness (QED) is 0.933. The Labute approximate surface area is 146 Å². The number of piperidine rings is 1. The molecule has 2 aromatic rings. The molecule has 0 aliphatic carbocycles. The van der Waals surface area contributed by atoms with Gasteiger partial charge >= 0.3 is 0 Å². The fourth-order valence-electron chi connectivity index (χ4n) is 3.91. The molecule has 24 heavy (non-hydrogen) atoms. The van der Waals surface area contributed by atoms with Gasteiger partial charge in [-0.2, -0.15) is 0 Å². The fraction of sp³-hybridized carbons (Fsp3) is 0.474. The van der Waals surface area contributed by atoms with Crippen LogP contribution in [0.4, 0.5) is 0 Å². The van der Waals surface area contributed by atoms with Crippen LogP contribution in [0.3, 0.4) is 0 Å². The topological polar surface area (TPSA) is 45.2 Å². The summed E-state index contributed by atoms with van der Waals surface area (Å²) in [6.07, 6.45) is 4.37. The zero-order chi connectivity index (χ0) is 16.4. The Morgan fingerprint density at radius 1 is 1.29 bits per heavy atom. The van der Waals surface area contributed by atoms with Crippen molar-refractivity contribution in [1.82, 2.24) is 15.2 Å². The van der Waals surface area contributed by atoms with Crippen molar-refractivity contribution in [3.05, 3.63) is 52.0 Å². The number of carbonyl (C=O) groups excluding carboxylic acids is 1. The third-order valence-corrected chi connectivity index (χ3v) is 6.10. The van der Waals surface area contributed by atoms with Crippen molar-refractivity contribution < 1.29 is 4.79 Å². The number of carbonyl (C=O) groups is 1. The Kier molecular flexibility index (Phi) is 4.37. The number of nitrogens with one attached hydrogen (secondary N) is 1. The maximum Gasteiger partial charge on any atom is 0.273 e. The van der Waals surface area contributed by atoms with E-state index in [1.54, 1.807) is 11.3 Å². The second-order valence-electron chi connectivity index (χ2n) is 7.05. The Morgan fingerprint density at radius 2 is 2.17 bits per heavy atom. The van der Waals surface area contributed by atoms with Gasteiger partial charge in [0.05, 0.1) is 5.01 Å². The van der Waals surface area contributed by atoms with Gasteiger partial charge in [0, 0.05) is 36.9 Å². The average molecular weight is 341 g/mol. The van der Waals surface area contributed by atoms with Crippen LogP contribution in [0.25, 0.3) is 0 Å². The third-order valence-electron chi connectivity index (χ3n) is 5.26. The molecule has 2 aliphatic heterocycles. The van der Waals surface area contributed by atoms with Crippen LogP contribution in [0.1, 0.15) is 40.3 Å². The third kappa shape index (κ3) is 3.23. The van der Waals surface area contributed by atoms with Crippen molar-refractivity contribution in [1.29, 1.82) is 0 Å². The maximum absolute atomic E-state index is 12.8. The van der Waals surface area contributed by atoms with Crippen LogP contribution in [0.5, 0.6) is 0 Å². The lowest BCUT2D eigenvalue weighted by atomic mass is 9.80. The van der Waals surface area contributed by atoms with Crippen LogP contribution in [0.2, 0.25) is 0 Å². The van der Waals surface area contributed by atoms with E-state index in [-0.39, 0.29) is 5.91 Å². The summed E-state index contributed by atoms with van der Waals surface area (Å²) in [5, 5.41) is 6.43. The van der Waals surface area contributed by atoms with E-state index in [1.165, 1.54) is 18.4 Å². The van der Waals surface area contributed by atoms with E-state index in [2.05, 4.69) is 22.4 Å². The van der Waals surface area contributed by atoms with Gasteiger partial charge in [0.25, 0.3) is 5.91 Å². The molecule has 1 aromatic heterocycles. The van der Waals surface area contributed by atoms with E-state index < -0.39 is 0 Å². The number of hydrogen-bond donors (Lipinski definition) is 1. The van der Waals surface area contributed by atoms with Gasteiger partial charge in [0.1, 0.15) is 5.69 Å². The molecule has 3 heterocycles. The predicted octanol–water partition coefficient (Wildman–Crippen LogP) is 2.95. The van der Waals surface area contributed by atoms with Crippen molar-refractivity contribution in [2.75, 3.05) is 26.2 Å². The molecule has 126 valence electrons. The van der Waals surface area contributed by atoms with E-state index in [4.69, 9.17) is 0 Å². The zero-order valence-corrected chi connectivity index (χ0v) is 14.6. The molecule has 0 radical (unpaired) electrons. The number of benzene rings is 1. The Balaban J connectivity index is 1.42. The second kappa shape index (κ2) is 6.65. The van der Waals surface area contributed by atoms with Crippen LogP contribution in [0.15, 0.2) is 35.7 Å². The summed E-state index contributed by atoms with van der Waals surface area (Å²) in [7, 11) is 0. The van der Waals surface area contributed by atoms with Crippen molar-refractivity contribution >= 4 is 17.2 Å². The first-order valence-electron chi connectivity index (χ1n) is 8.73. The first-order valence-corrected chi connectivity index (χ1v) is 9.60. The molecule has 2 saturated heterocycles. The minimum absolute atomic E-state index is 0.105. The van der Waals surface area contributed by atoms with E-state index >= 15 is 0 Å². The lowest BCUT2D eigenvalue weighted by molar-refractivity contribution is 0.0759. The summed E-state index contributed by atoms with van der Waals surface area (Å²) in [6, 6.07) is 10.3. The minimum Gasteiger partial charge on any atom is -0.337 e. The average Bonchev–Trinajstić information content (AvgIpc) is 3.24. The molecule has 1 spiro atoms. The second-order valence-corrected chi connectivity index (χ2v) is 7.99. The number of rotatable bonds is 3. The van der Waals surface area contributed by atoms with Crippen molar-refractivity contribution in [3.8, 4) is 0 Å². The highest BCUT2D eigenvalue weighted by molar-refractivity contribution is 7.09. The summed E-state index contributed by atoms with van der Waals surface area (Å²) in [5.41, 5.74) is 2.16. The van der Waals surface area contributed by atoms with E-state index in [0.29, 0.717) is 11.1 Å². The highest BCUT2D eigenvalue weighted by Gasteiger charge is 2.41. The smallest absolute Gasteiger partial charge is 0.273 e. The monoisotopic (exact) mass is 341 g/mol. The van der Waals surface area contributed by atoms with Crippen molar-refractivity contribution in [2.24, 2.45) is 5.41 Å². The molecule has 0 bridgehead atoms. The molecule has 5 heteroatoms. The summed E-state index contributed by atoms with van der Waals surface area (Å²) in [5.74, 6) is 0.105. The highest BCUT2D eigenvalue weighted by atomic mass is 32.1. The molecule has 1 amide bonds. The first-order chi connectivity index (χ1) is 11.7. The van der Waals surface area contributed by atoms with Gasteiger partial charge in [-0.3, -0.25) is 4.79 Å². The number of nitrogens with zero attached hydrogens (tertiary/aromatic N) is 2.